The second-order valence-corrected chi connectivity index (χ2v) is 7.46. The fourth-order valence-electron chi connectivity index (χ4n) is 3.61. The first-order chi connectivity index (χ1) is 12.3. The molecule has 5 nitrogen and oxygen atoms in total. The van der Waals surface area contributed by atoms with E-state index in [1.807, 2.05) is 11.8 Å². The molecule has 1 aliphatic heterocycles. The van der Waals surface area contributed by atoms with Gasteiger partial charge in [-0.05, 0) is 51.2 Å². The van der Waals surface area contributed by atoms with Crippen LogP contribution in [0.3, 0.4) is 0 Å². The average molecular weight is 387 g/mol. The third-order valence-corrected chi connectivity index (χ3v) is 5.24. The standard InChI is InChI=1S/C17H24F3N5S/c1-11-6-4-5-9-25(11)14-10-13(17(18,19)20)22-15(23-14)24-16(26)21-12-7-2-3-8-12/h10-12H,2-9H2,1H3,(H2,21,22,23,24,26). The molecule has 1 unspecified atom stereocenters. The molecular weight excluding hydrogens is 363 g/mol. The van der Waals surface area contributed by atoms with Crippen LogP contribution in [0.25, 0.3) is 0 Å². The maximum atomic E-state index is 13.3. The molecule has 1 aliphatic carbocycles. The molecule has 2 heterocycles. The fourth-order valence-corrected chi connectivity index (χ4v) is 3.87. The van der Waals surface area contributed by atoms with Gasteiger partial charge in [0.2, 0.25) is 5.95 Å². The van der Waals surface area contributed by atoms with Crippen molar-refractivity contribution in [2.75, 3.05) is 16.8 Å². The number of halogens is 3. The summed E-state index contributed by atoms with van der Waals surface area (Å²) in [4.78, 5) is 9.87. The van der Waals surface area contributed by atoms with Crippen molar-refractivity contribution in [1.82, 2.24) is 15.3 Å². The normalized spacial score (nSPS) is 21.7. The van der Waals surface area contributed by atoms with Crippen molar-refractivity contribution in [3.63, 3.8) is 0 Å². The predicted molar refractivity (Wildman–Crippen MR) is 99.3 cm³/mol. The molecule has 1 aromatic heterocycles. The Hall–Kier alpha value is -1.64. The van der Waals surface area contributed by atoms with Crippen LogP contribution in [0.1, 0.15) is 57.6 Å². The number of nitrogens with one attached hydrogen (secondary N) is 2. The first-order valence-electron chi connectivity index (χ1n) is 9.13. The number of anilines is 2. The molecule has 0 aromatic carbocycles. The van der Waals surface area contributed by atoms with Crippen molar-refractivity contribution < 1.29 is 13.2 Å². The Labute approximate surface area is 156 Å². The van der Waals surface area contributed by atoms with E-state index in [0.717, 1.165) is 51.0 Å². The van der Waals surface area contributed by atoms with Crippen molar-refractivity contribution in [1.29, 1.82) is 0 Å². The van der Waals surface area contributed by atoms with Crippen LogP contribution in [0.15, 0.2) is 6.07 Å². The van der Waals surface area contributed by atoms with E-state index < -0.39 is 11.9 Å². The zero-order valence-corrected chi connectivity index (χ0v) is 15.6. The Morgan fingerprint density at radius 1 is 1.15 bits per heavy atom. The second-order valence-electron chi connectivity index (χ2n) is 7.05. The molecule has 26 heavy (non-hydrogen) atoms. The molecular formula is C17H24F3N5S. The van der Waals surface area contributed by atoms with Gasteiger partial charge in [0.25, 0.3) is 0 Å². The van der Waals surface area contributed by atoms with E-state index in [1.54, 1.807) is 0 Å². The minimum absolute atomic E-state index is 0.108. The Morgan fingerprint density at radius 2 is 1.85 bits per heavy atom. The van der Waals surface area contributed by atoms with Gasteiger partial charge in [-0.3, -0.25) is 0 Å². The van der Waals surface area contributed by atoms with Crippen LogP contribution in [-0.4, -0.2) is 33.7 Å². The summed E-state index contributed by atoms with van der Waals surface area (Å²) in [5.74, 6) is 0.189. The summed E-state index contributed by atoms with van der Waals surface area (Å²) in [6.07, 6.45) is 2.73. The van der Waals surface area contributed by atoms with E-state index in [1.165, 1.54) is 0 Å². The van der Waals surface area contributed by atoms with Crippen LogP contribution >= 0.6 is 12.2 Å². The number of aromatic nitrogens is 2. The highest BCUT2D eigenvalue weighted by atomic mass is 32.1. The predicted octanol–water partition coefficient (Wildman–Crippen LogP) is 4.10. The summed E-state index contributed by atoms with van der Waals surface area (Å²) in [7, 11) is 0. The topological polar surface area (TPSA) is 53.1 Å². The highest BCUT2D eigenvalue weighted by molar-refractivity contribution is 7.80. The Morgan fingerprint density at radius 3 is 2.50 bits per heavy atom. The minimum atomic E-state index is -4.53. The van der Waals surface area contributed by atoms with Crippen molar-refractivity contribution >= 4 is 29.1 Å². The molecule has 1 aromatic rings. The first kappa shape index (κ1) is 19.1. The van der Waals surface area contributed by atoms with Gasteiger partial charge >= 0.3 is 6.18 Å². The largest absolute Gasteiger partial charge is 0.433 e. The zero-order chi connectivity index (χ0) is 18.7. The third kappa shape index (κ3) is 4.75. The highest BCUT2D eigenvalue weighted by Gasteiger charge is 2.35. The maximum Gasteiger partial charge on any atom is 0.433 e. The van der Waals surface area contributed by atoms with Crippen LogP contribution in [0.2, 0.25) is 0 Å². The molecule has 2 aliphatic rings. The van der Waals surface area contributed by atoms with Crippen LogP contribution in [0, 0.1) is 0 Å². The number of alkyl halides is 3. The second kappa shape index (κ2) is 7.94. The molecule has 0 radical (unpaired) electrons. The molecule has 9 heteroatoms. The van der Waals surface area contributed by atoms with Crippen molar-refractivity contribution in [3.8, 4) is 0 Å². The van der Waals surface area contributed by atoms with E-state index in [-0.39, 0.29) is 23.1 Å². The number of nitrogens with zero attached hydrogens (tertiary/aromatic N) is 3. The fraction of sp³-hybridized carbons (Fsp3) is 0.706. The molecule has 0 spiro atoms. The van der Waals surface area contributed by atoms with Gasteiger partial charge in [-0.25, -0.2) is 4.98 Å². The molecule has 0 amide bonds. The van der Waals surface area contributed by atoms with E-state index in [0.29, 0.717) is 12.4 Å². The molecule has 1 saturated carbocycles. The van der Waals surface area contributed by atoms with Gasteiger partial charge in [-0.1, -0.05) is 12.8 Å². The molecule has 3 rings (SSSR count). The number of thiocarbonyl (C=S) groups is 1. The van der Waals surface area contributed by atoms with Gasteiger partial charge in [0.1, 0.15) is 5.82 Å². The monoisotopic (exact) mass is 387 g/mol. The van der Waals surface area contributed by atoms with E-state index in [9.17, 15) is 13.2 Å². The van der Waals surface area contributed by atoms with E-state index in [4.69, 9.17) is 12.2 Å². The van der Waals surface area contributed by atoms with Gasteiger partial charge in [0.15, 0.2) is 10.8 Å². The molecule has 2 fully saturated rings. The van der Waals surface area contributed by atoms with Crippen LogP contribution in [-0.2, 0) is 6.18 Å². The zero-order valence-electron chi connectivity index (χ0n) is 14.8. The lowest BCUT2D eigenvalue weighted by atomic mass is 10.0. The highest BCUT2D eigenvalue weighted by Crippen LogP contribution is 2.32. The lowest BCUT2D eigenvalue weighted by molar-refractivity contribution is -0.141. The van der Waals surface area contributed by atoms with E-state index in [2.05, 4.69) is 20.6 Å². The van der Waals surface area contributed by atoms with Crippen LogP contribution in [0.4, 0.5) is 24.9 Å². The SMILES string of the molecule is CC1CCCCN1c1cc(C(F)(F)F)nc(NC(=S)NC2CCCC2)n1. The third-order valence-electron chi connectivity index (χ3n) is 5.02. The molecule has 1 atom stereocenters. The molecule has 1 saturated heterocycles. The Balaban J connectivity index is 1.81. The van der Waals surface area contributed by atoms with E-state index >= 15 is 0 Å². The number of rotatable bonds is 3. The summed E-state index contributed by atoms with van der Waals surface area (Å²) in [5, 5.41) is 6.16. The molecule has 2 N–H and O–H groups in total. The first-order valence-corrected chi connectivity index (χ1v) is 9.54. The lowest BCUT2D eigenvalue weighted by Crippen LogP contribution is -2.39. The summed E-state index contributed by atoms with van der Waals surface area (Å²) >= 11 is 5.24. The lowest BCUT2D eigenvalue weighted by Gasteiger charge is -2.34. The van der Waals surface area contributed by atoms with Gasteiger partial charge in [-0.2, -0.15) is 18.2 Å². The number of hydrogen-bond acceptors (Lipinski definition) is 4. The van der Waals surface area contributed by atoms with Crippen LogP contribution in [0.5, 0.6) is 0 Å². The van der Waals surface area contributed by atoms with Crippen molar-refractivity contribution in [3.05, 3.63) is 11.8 Å². The van der Waals surface area contributed by atoms with Gasteiger partial charge < -0.3 is 15.5 Å². The van der Waals surface area contributed by atoms with Crippen molar-refractivity contribution in [2.45, 2.75) is 70.1 Å². The van der Waals surface area contributed by atoms with Gasteiger partial charge in [0.05, 0.1) is 0 Å². The Kier molecular flexibility index (Phi) is 5.84. The van der Waals surface area contributed by atoms with Gasteiger partial charge in [-0.15, -0.1) is 0 Å². The molecule has 144 valence electrons. The summed E-state index contributed by atoms with van der Waals surface area (Å²) < 4.78 is 39.9. The van der Waals surface area contributed by atoms with Crippen LogP contribution < -0.4 is 15.5 Å². The molecule has 0 bridgehead atoms. The Bertz CT molecular complexity index is 646. The number of hydrogen-bond donors (Lipinski definition) is 2. The van der Waals surface area contributed by atoms with Gasteiger partial charge in [0, 0.05) is 24.7 Å². The quantitative estimate of drug-likeness (QED) is 0.762. The average Bonchev–Trinajstić information content (AvgIpc) is 3.07. The smallest absolute Gasteiger partial charge is 0.360 e. The number of piperidine rings is 1. The summed E-state index contributed by atoms with van der Waals surface area (Å²) in [6.45, 7) is 2.70. The summed E-state index contributed by atoms with van der Waals surface area (Å²) in [5.41, 5.74) is -0.952. The van der Waals surface area contributed by atoms with Crippen molar-refractivity contribution in [2.24, 2.45) is 0 Å². The summed E-state index contributed by atoms with van der Waals surface area (Å²) in [6, 6.07) is 1.44. The maximum absolute atomic E-state index is 13.3. The minimum Gasteiger partial charge on any atom is -0.360 e.